The van der Waals surface area contributed by atoms with E-state index in [1.54, 1.807) is 0 Å². The van der Waals surface area contributed by atoms with Crippen LogP contribution >= 0.6 is 11.6 Å². The average Bonchev–Trinajstić information content (AvgIpc) is 2.28. The number of amides is 1. The number of piperazine rings is 1. The van der Waals surface area contributed by atoms with Gasteiger partial charge in [-0.25, -0.2) is 9.97 Å². The molecule has 0 unspecified atom stereocenters. The van der Waals surface area contributed by atoms with Crippen molar-refractivity contribution in [3.63, 3.8) is 0 Å². The molecule has 92 valence electrons. The number of nitrogens with one attached hydrogen (secondary N) is 1. The Bertz CT molecular complexity index is 418. The molecule has 1 aromatic rings. The van der Waals surface area contributed by atoms with Crippen LogP contribution in [-0.4, -0.2) is 45.9 Å². The lowest BCUT2D eigenvalue weighted by atomic mass is 10.0. The SMILES string of the molecule is CC1(C)CN(C(=O)c2cnc(Cl)nc2)CCN1. The normalized spacial score (nSPS) is 19.1. The molecule has 6 heteroatoms. The molecule has 0 atom stereocenters. The zero-order valence-electron chi connectivity index (χ0n) is 9.90. The maximum atomic E-state index is 12.2. The Balaban J connectivity index is 2.12. The van der Waals surface area contributed by atoms with Crippen LogP contribution in [0.4, 0.5) is 0 Å². The highest BCUT2D eigenvalue weighted by molar-refractivity contribution is 6.28. The van der Waals surface area contributed by atoms with Crippen LogP contribution in [0.2, 0.25) is 5.28 Å². The van der Waals surface area contributed by atoms with E-state index >= 15 is 0 Å². The molecule has 0 saturated carbocycles. The quantitative estimate of drug-likeness (QED) is 0.759. The third-order valence-corrected chi connectivity index (χ3v) is 2.92. The summed E-state index contributed by atoms with van der Waals surface area (Å²) in [6.45, 7) is 6.32. The molecule has 1 aliphatic rings. The van der Waals surface area contributed by atoms with Gasteiger partial charge in [-0.2, -0.15) is 0 Å². The van der Waals surface area contributed by atoms with Gasteiger partial charge in [0.1, 0.15) is 0 Å². The average molecular weight is 255 g/mol. The summed E-state index contributed by atoms with van der Waals surface area (Å²) < 4.78 is 0. The van der Waals surface area contributed by atoms with E-state index in [-0.39, 0.29) is 16.7 Å². The Kier molecular flexibility index (Phi) is 3.31. The fourth-order valence-electron chi connectivity index (χ4n) is 1.92. The van der Waals surface area contributed by atoms with Crippen LogP contribution in [0.3, 0.4) is 0 Å². The zero-order valence-corrected chi connectivity index (χ0v) is 10.7. The van der Waals surface area contributed by atoms with Gasteiger partial charge in [0.25, 0.3) is 5.91 Å². The minimum Gasteiger partial charge on any atom is -0.335 e. The second kappa shape index (κ2) is 4.58. The van der Waals surface area contributed by atoms with Crippen LogP contribution in [0.5, 0.6) is 0 Å². The largest absolute Gasteiger partial charge is 0.335 e. The minimum atomic E-state index is -0.0544. The summed E-state index contributed by atoms with van der Waals surface area (Å²) in [5.74, 6) is -0.0451. The summed E-state index contributed by atoms with van der Waals surface area (Å²) in [7, 11) is 0. The molecule has 1 aromatic heterocycles. The van der Waals surface area contributed by atoms with Crippen LogP contribution in [0, 0.1) is 0 Å². The summed E-state index contributed by atoms with van der Waals surface area (Å²) in [5.41, 5.74) is 0.424. The molecule has 0 aromatic carbocycles. The van der Waals surface area contributed by atoms with Crippen molar-refractivity contribution in [1.82, 2.24) is 20.2 Å². The van der Waals surface area contributed by atoms with E-state index in [1.807, 2.05) is 4.90 Å². The molecule has 0 radical (unpaired) electrons. The minimum absolute atomic E-state index is 0.0451. The van der Waals surface area contributed by atoms with E-state index in [1.165, 1.54) is 12.4 Å². The lowest BCUT2D eigenvalue weighted by molar-refractivity contribution is 0.0651. The number of hydrogen-bond acceptors (Lipinski definition) is 4. The molecule has 1 amide bonds. The number of nitrogens with zero attached hydrogens (tertiary/aromatic N) is 3. The van der Waals surface area contributed by atoms with Gasteiger partial charge in [0.15, 0.2) is 0 Å². The zero-order chi connectivity index (χ0) is 12.5. The topological polar surface area (TPSA) is 58.1 Å². The molecule has 2 rings (SSSR count). The Hall–Kier alpha value is -1.20. The van der Waals surface area contributed by atoms with Gasteiger partial charge in [0.05, 0.1) is 5.56 Å². The molecule has 2 heterocycles. The lowest BCUT2D eigenvalue weighted by Gasteiger charge is -2.39. The van der Waals surface area contributed by atoms with Crippen LogP contribution in [0.1, 0.15) is 24.2 Å². The second-order valence-corrected chi connectivity index (χ2v) is 5.12. The van der Waals surface area contributed by atoms with Crippen molar-refractivity contribution in [3.05, 3.63) is 23.2 Å². The van der Waals surface area contributed by atoms with Crippen molar-refractivity contribution in [1.29, 1.82) is 0 Å². The molecule has 1 aliphatic heterocycles. The van der Waals surface area contributed by atoms with E-state index in [0.717, 1.165) is 6.54 Å². The van der Waals surface area contributed by atoms with Crippen LogP contribution in [-0.2, 0) is 0 Å². The Labute approximate surface area is 105 Å². The first kappa shape index (κ1) is 12.3. The highest BCUT2D eigenvalue weighted by Crippen LogP contribution is 2.13. The van der Waals surface area contributed by atoms with E-state index < -0.39 is 0 Å². The number of aromatic nitrogens is 2. The highest BCUT2D eigenvalue weighted by Gasteiger charge is 2.29. The van der Waals surface area contributed by atoms with E-state index in [0.29, 0.717) is 18.7 Å². The maximum Gasteiger partial charge on any atom is 0.257 e. The van der Waals surface area contributed by atoms with Gasteiger partial charge in [0.2, 0.25) is 5.28 Å². The van der Waals surface area contributed by atoms with Crippen molar-refractivity contribution < 1.29 is 4.79 Å². The number of hydrogen-bond donors (Lipinski definition) is 1. The fraction of sp³-hybridized carbons (Fsp3) is 0.545. The summed E-state index contributed by atoms with van der Waals surface area (Å²) in [5, 5.41) is 3.51. The van der Waals surface area contributed by atoms with Crippen molar-refractivity contribution in [2.75, 3.05) is 19.6 Å². The number of rotatable bonds is 1. The number of carbonyl (C=O) groups is 1. The van der Waals surface area contributed by atoms with Gasteiger partial charge in [0, 0.05) is 37.6 Å². The predicted molar refractivity (Wildman–Crippen MR) is 65.0 cm³/mol. The van der Waals surface area contributed by atoms with Crippen LogP contribution < -0.4 is 5.32 Å². The van der Waals surface area contributed by atoms with Crippen LogP contribution in [0.15, 0.2) is 12.4 Å². The molecule has 5 nitrogen and oxygen atoms in total. The van der Waals surface area contributed by atoms with Crippen molar-refractivity contribution in [2.24, 2.45) is 0 Å². The highest BCUT2D eigenvalue weighted by atomic mass is 35.5. The first-order valence-electron chi connectivity index (χ1n) is 5.50. The Morgan fingerprint density at radius 1 is 1.47 bits per heavy atom. The first-order valence-corrected chi connectivity index (χ1v) is 5.88. The molecule has 1 fully saturated rings. The third-order valence-electron chi connectivity index (χ3n) is 2.73. The number of halogens is 1. The Morgan fingerprint density at radius 3 is 2.71 bits per heavy atom. The van der Waals surface area contributed by atoms with Crippen molar-refractivity contribution in [2.45, 2.75) is 19.4 Å². The summed E-state index contributed by atoms with van der Waals surface area (Å²) >= 11 is 5.59. The van der Waals surface area contributed by atoms with E-state index in [9.17, 15) is 4.79 Å². The standard InChI is InChI=1S/C11H15ClN4O/c1-11(2)7-16(4-3-15-11)9(17)8-5-13-10(12)14-6-8/h5-6,15H,3-4,7H2,1-2H3. The molecular formula is C11H15ClN4O. The van der Waals surface area contributed by atoms with Crippen molar-refractivity contribution in [3.8, 4) is 0 Å². The van der Waals surface area contributed by atoms with Gasteiger partial charge >= 0.3 is 0 Å². The van der Waals surface area contributed by atoms with Gasteiger partial charge in [-0.15, -0.1) is 0 Å². The molecule has 0 spiro atoms. The predicted octanol–water partition coefficient (Wildman–Crippen LogP) is 0.954. The third kappa shape index (κ3) is 2.92. The molecular weight excluding hydrogens is 240 g/mol. The summed E-state index contributed by atoms with van der Waals surface area (Å²) in [6, 6.07) is 0. The van der Waals surface area contributed by atoms with E-state index in [2.05, 4.69) is 29.1 Å². The summed E-state index contributed by atoms with van der Waals surface area (Å²) in [6.07, 6.45) is 2.93. The van der Waals surface area contributed by atoms with Gasteiger partial charge in [-0.3, -0.25) is 4.79 Å². The maximum absolute atomic E-state index is 12.2. The van der Waals surface area contributed by atoms with Gasteiger partial charge in [-0.05, 0) is 25.4 Å². The smallest absolute Gasteiger partial charge is 0.257 e. The summed E-state index contributed by atoms with van der Waals surface area (Å²) in [4.78, 5) is 21.6. The molecule has 0 bridgehead atoms. The monoisotopic (exact) mass is 254 g/mol. The van der Waals surface area contributed by atoms with Gasteiger partial charge in [-0.1, -0.05) is 0 Å². The molecule has 17 heavy (non-hydrogen) atoms. The Morgan fingerprint density at radius 2 is 2.12 bits per heavy atom. The van der Waals surface area contributed by atoms with Crippen molar-refractivity contribution >= 4 is 17.5 Å². The lowest BCUT2D eigenvalue weighted by Crippen LogP contribution is -2.58. The number of carbonyl (C=O) groups excluding carboxylic acids is 1. The molecule has 0 aliphatic carbocycles. The molecule has 1 N–H and O–H groups in total. The van der Waals surface area contributed by atoms with E-state index in [4.69, 9.17) is 11.6 Å². The fourth-order valence-corrected chi connectivity index (χ4v) is 2.02. The molecule has 1 saturated heterocycles. The van der Waals surface area contributed by atoms with Crippen LogP contribution in [0.25, 0.3) is 0 Å². The van der Waals surface area contributed by atoms with Gasteiger partial charge < -0.3 is 10.2 Å². The second-order valence-electron chi connectivity index (χ2n) is 4.78. The first-order chi connectivity index (χ1) is 7.98.